The standard InChI is InChI=1S/C18H18Cl3N3O2/c1-11(18(26)23-13-5-3-12(19)4-6-13)24(2)10-17(25)22-14-7-8-15(20)16(21)9-14/h3-9,11H,10H2,1-2H3,(H,22,25)(H,23,26)/t11-/m1/s1. The Hall–Kier alpha value is -1.79. The van der Waals surface area contributed by atoms with Gasteiger partial charge < -0.3 is 10.6 Å². The monoisotopic (exact) mass is 413 g/mol. The lowest BCUT2D eigenvalue weighted by atomic mass is 10.2. The normalized spacial score (nSPS) is 11.9. The summed E-state index contributed by atoms with van der Waals surface area (Å²) in [6, 6.07) is 11.1. The molecule has 0 fully saturated rings. The smallest absolute Gasteiger partial charge is 0.241 e. The minimum atomic E-state index is -0.509. The maximum atomic E-state index is 12.3. The second-order valence-electron chi connectivity index (χ2n) is 5.76. The lowest BCUT2D eigenvalue weighted by Gasteiger charge is -2.23. The third-order valence-electron chi connectivity index (χ3n) is 3.75. The van der Waals surface area contributed by atoms with Crippen molar-refractivity contribution in [2.24, 2.45) is 0 Å². The zero-order valence-corrected chi connectivity index (χ0v) is 16.5. The van der Waals surface area contributed by atoms with Crippen molar-refractivity contribution >= 4 is 58.0 Å². The van der Waals surface area contributed by atoms with Crippen LogP contribution in [0.5, 0.6) is 0 Å². The van der Waals surface area contributed by atoms with Gasteiger partial charge in [0, 0.05) is 16.4 Å². The lowest BCUT2D eigenvalue weighted by Crippen LogP contribution is -2.43. The van der Waals surface area contributed by atoms with Crippen LogP contribution in [-0.4, -0.2) is 36.3 Å². The highest BCUT2D eigenvalue weighted by molar-refractivity contribution is 6.42. The molecular weight excluding hydrogens is 397 g/mol. The fourth-order valence-electron chi connectivity index (χ4n) is 2.12. The molecule has 2 amide bonds. The van der Waals surface area contributed by atoms with E-state index >= 15 is 0 Å². The van der Waals surface area contributed by atoms with E-state index in [9.17, 15) is 9.59 Å². The zero-order valence-electron chi connectivity index (χ0n) is 14.2. The van der Waals surface area contributed by atoms with Crippen LogP contribution in [0.1, 0.15) is 6.92 Å². The highest BCUT2D eigenvalue weighted by Crippen LogP contribution is 2.25. The summed E-state index contributed by atoms with van der Waals surface area (Å²) in [5.74, 6) is -0.491. The number of hydrogen-bond donors (Lipinski definition) is 2. The Morgan fingerprint density at radius 2 is 1.58 bits per heavy atom. The number of rotatable bonds is 6. The topological polar surface area (TPSA) is 61.4 Å². The SMILES string of the molecule is C[C@H](C(=O)Nc1ccc(Cl)cc1)N(C)CC(=O)Nc1ccc(Cl)c(Cl)c1. The van der Waals surface area contributed by atoms with Gasteiger partial charge in [0.2, 0.25) is 11.8 Å². The first-order chi connectivity index (χ1) is 12.3. The number of nitrogens with one attached hydrogen (secondary N) is 2. The summed E-state index contributed by atoms with van der Waals surface area (Å²) in [5, 5.41) is 6.86. The Morgan fingerprint density at radius 3 is 2.19 bits per heavy atom. The highest BCUT2D eigenvalue weighted by Gasteiger charge is 2.20. The van der Waals surface area contributed by atoms with E-state index in [1.807, 2.05) is 0 Å². The lowest BCUT2D eigenvalue weighted by molar-refractivity contribution is -0.122. The Labute approximate surface area is 167 Å². The minimum Gasteiger partial charge on any atom is -0.325 e. The summed E-state index contributed by atoms with van der Waals surface area (Å²) in [7, 11) is 1.69. The average molecular weight is 415 g/mol. The van der Waals surface area contributed by atoms with E-state index in [4.69, 9.17) is 34.8 Å². The predicted octanol–water partition coefficient (Wildman–Crippen LogP) is 4.54. The van der Waals surface area contributed by atoms with Crippen molar-refractivity contribution in [3.05, 3.63) is 57.5 Å². The van der Waals surface area contributed by atoms with Crippen molar-refractivity contribution in [2.75, 3.05) is 24.2 Å². The van der Waals surface area contributed by atoms with Gasteiger partial charge in [-0.3, -0.25) is 14.5 Å². The Morgan fingerprint density at radius 1 is 0.962 bits per heavy atom. The van der Waals surface area contributed by atoms with Gasteiger partial charge in [0.05, 0.1) is 22.6 Å². The van der Waals surface area contributed by atoms with Crippen molar-refractivity contribution < 1.29 is 9.59 Å². The molecule has 0 aromatic heterocycles. The third-order valence-corrected chi connectivity index (χ3v) is 4.74. The van der Waals surface area contributed by atoms with E-state index in [1.54, 1.807) is 61.3 Å². The van der Waals surface area contributed by atoms with Crippen LogP contribution in [-0.2, 0) is 9.59 Å². The number of benzene rings is 2. The Balaban J connectivity index is 1.89. The van der Waals surface area contributed by atoms with Crippen LogP contribution in [0.2, 0.25) is 15.1 Å². The number of halogens is 3. The quantitative estimate of drug-likeness (QED) is 0.729. The van der Waals surface area contributed by atoms with Crippen LogP contribution in [0.4, 0.5) is 11.4 Å². The minimum absolute atomic E-state index is 0.0372. The summed E-state index contributed by atoms with van der Waals surface area (Å²) >= 11 is 17.6. The highest BCUT2D eigenvalue weighted by atomic mass is 35.5. The first kappa shape index (κ1) is 20.5. The molecular formula is C18H18Cl3N3O2. The second-order valence-corrected chi connectivity index (χ2v) is 7.02. The number of nitrogens with zero attached hydrogens (tertiary/aromatic N) is 1. The van der Waals surface area contributed by atoms with Crippen molar-refractivity contribution in [1.82, 2.24) is 4.90 Å². The number of amides is 2. The molecule has 0 unspecified atom stereocenters. The van der Waals surface area contributed by atoms with E-state index in [0.717, 1.165) is 0 Å². The molecule has 0 heterocycles. The van der Waals surface area contributed by atoms with Crippen LogP contribution in [0.15, 0.2) is 42.5 Å². The van der Waals surface area contributed by atoms with E-state index < -0.39 is 6.04 Å². The molecule has 2 aromatic rings. The Bertz CT molecular complexity index is 797. The summed E-state index contributed by atoms with van der Waals surface area (Å²) in [6.07, 6.45) is 0. The summed E-state index contributed by atoms with van der Waals surface area (Å²) in [5.41, 5.74) is 1.18. The fraction of sp³-hybridized carbons (Fsp3) is 0.222. The molecule has 26 heavy (non-hydrogen) atoms. The van der Waals surface area contributed by atoms with Gasteiger partial charge in [0.15, 0.2) is 0 Å². The molecule has 2 rings (SSSR count). The van der Waals surface area contributed by atoms with Gasteiger partial charge in [-0.1, -0.05) is 34.8 Å². The summed E-state index contributed by atoms with van der Waals surface area (Å²) in [4.78, 5) is 26.1. The number of likely N-dealkylation sites (N-methyl/N-ethyl adjacent to an activating group) is 1. The van der Waals surface area contributed by atoms with Crippen molar-refractivity contribution in [1.29, 1.82) is 0 Å². The van der Waals surface area contributed by atoms with Crippen LogP contribution >= 0.6 is 34.8 Å². The van der Waals surface area contributed by atoms with E-state index in [2.05, 4.69) is 10.6 Å². The molecule has 2 aromatic carbocycles. The van der Waals surface area contributed by atoms with Gasteiger partial charge in [-0.25, -0.2) is 0 Å². The molecule has 0 saturated carbocycles. The van der Waals surface area contributed by atoms with Crippen LogP contribution in [0.25, 0.3) is 0 Å². The van der Waals surface area contributed by atoms with Gasteiger partial charge in [0.1, 0.15) is 0 Å². The first-order valence-corrected chi connectivity index (χ1v) is 8.91. The van der Waals surface area contributed by atoms with E-state index in [0.29, 0.717) is 26.4 Å². The van der Waals surface area contributed by atoms with Crippen LogP contribution in [0, 0.1) is 0 Å². The molecule has 0 aliphatic carbocycles. The van der Waals surface area contributed by atoms with Crippen LogP contribution in [0.3, 0.4) is 0 Å². The van der Waals surface area contributed by atoms with Gasteiger partial charge in [-0.05, 0) is 56.4 Å². The van der Waals surface area contributed by atoms with Crippen molar-refractivity contribution in [2.45, 2.75) is 13.0 Å². The van der Waals surface area contributed by atoms with Crippen molar-refractivity contribution in [3.63, 3.8) is 0 Å². The molecule has 5 nitrogen and oxygen atoms in total. The van der Waals surface area contributed by atoms with E-state index in [-0.39, 0.29) is 18.4 Å². The zero-order chi connectivity index (χ0) is 19.3. The van der Waals surface area contributed by atoms with Gasteiger partial charge >= 0.3 is 0 Å². The number of hydrogen-bond acceptors (Lipinski definition) is 3. The largest absolute Gasteiger partial charge is 0.325 e. The maximum absolute atomic E-state index is 12.3. The predicted molar refractivity (Wildman–Crippen MR) is 107 cm³/mol. The van der Waals surface area contributed by atoms with Crippen molar-refractivity contribution in [3.8, 4) is 0 Å². The van der Waals surface area contributed by atoms with Crippen LogP contribution < -0.4 is 10.6 Å². The molecule has 8 heteroatoms. The molecule has 0 aliphatic heterocycles. The molecule has 2 N–H and O–H groups in total. The summed E-state index contributed by atoms with van der Waals surface area (Å²) < 4.78 is 0. The average Bonchev–Trinajstić information content (AvgIpc) is 2.59. The molecule has 0 saturated heterocycles. The maximum Gasteiger partial charge on any atom is 0.241 e. The molecule has 138 valence electrons. The molecule has 0 aliphatic rings. The van der Waals surface area contributed by atoms with E-state index in [1.165, 1.54) is 0 Å². The first-order valence-electron chi connectivity index (χ1n) is 7.78. The van der Waals surface area contributed by atoms with Gasteiger partial charge in [-0.2, -0.15) is 0 Å². The van der Waals surface area contributed by atoms with Gasteiger partial charge in [-0.15, -0.1) is 0 Å². The third kappa shape index (κ3) is 5.88. The molecule has 0 radical (unpaired) electrons. The number of carbonyl (C=O) groups is 2. The molecule has 1 atom stereocenters. The number of carbonyl (C=O) groups excluding carboxylic acids is 2. The summed E-state index contributed by atoms with van der Waals surface area (Å²) in [6.45, 7) is 1.76. The Kier molecular flexibility index (Phi) is 7.29. The molecule has 0 bridgehead atoms. The van der Waals surface area contributed by atoms with Gasteiger partial charge in [0.25, 0.3) is 0 Å². The number of anilines is 2. The second kappa shape index (κ2) is 9.24. The fourth-order valence-corrected chi connectivity index (χ4v) is 2.54. The molecule has 0 spiro atoms.